The SMILES string of the molecule is CC(C#N)S(=O)(=O)O.[Na]. The molecule has 6 heteroatoms. The van der Waals surface area contributed by atoms with Gasteiger partial charge in [0.2, 0.25) is 0 Å². The van der Waals surface area contributed by atoms with Gasteiger partial charge in [-0.1, -0.05) is 0 Å². The van der Waals surface area contributed by atoms with E-state index in [1.54, 1.807) is 0 Å². The molecule has 47 valence electrons. The second kappa shape index (κ2) is 4.25. The molecular formula is C3H5NNaO3S. The van der Waals surface area contributed by atoms with Gasteiger partial charge >= 0.3 is 0 Å². The standard InChI is InChI=1S/C3H5NO3S.Na/c1-3(2-4)8(5,6)7;/h3H,1H3,(H,5,6,7);. The summed E-state index contributed by atoms with van der Waals surface area (Å²) in [5.74, 6) is 0. The molecule has 0 aromatic rings. The van der Waals surface area contributed by atoms with E-state index in [0.717, 1.165) is 6.92 Å². The predicted molar refractivity (Wildman–Crippen MR) is 32.4 cm³/mol. The van der Waals surface area contributed by atoms with Crippen LogP contribution in [0.1, 0.15) is 6.92 Å². The summed E-state index contributed by atoms with van der Waals surface area (Å²) in [6.07, 6.45) is 0. The van der Waals surface area contributed by atoms with Crippen molar-refractivity contribution in [1.82, 2.24) is 0 Å². The smallest absolute Gasteiger partial charge is 0.281 e. The van der Waals surface area contributed by atoms with Gasteiger partial charge < -0.3 is 0 Å². The first-order valence-corrected chi connectivity index (χ1v) is 3.34. The van der Waals surface area contributed by atoms with E-state index in [2.05, 4.69) is 0 Å². The third-order valence-corrected chi connectivity index (χ3v) is 1.63. The summed E-state index contributed by atoms with van der Waals surface area (Å²) in [6, 6.07) is 1.37. The summed E-state index contributed by atoms with van der Waals surface area (Å²) < 4.78 is 27.8. The van der Waals surface area contributed by atoms with E-state index >= 15 is 0 Å². The second-order valence-electron chi connectivity index (χ2n) is 1.29. The maximum atomic E-state index is 9.90. The average molecular weight is 158 g/mol. The van der Waals surface area contributed by atoms with Crippen LogP contribution in [0.4, 0.5) is 0 Å². The third kappa shape index (κ3) is 4.88. The minimum absolute atomic E-state index is 0. The molecule has 0 fully saturated rings. The molecule has 0 bridgehead atoms. The van der Waals surface area contributed by atoms with Gasteiger partial charge in [0.15, 0.2) is 5.25 Å². The number of nitriles is 1. The molecule has 0 aliphatic rings. The zero-order valence-electron chi connectivity index (χ0n) is 5.20. The fourth-order valence-electron chi connectivity index (χ4n) is 0.0666. The Bertz CT molecular complexity index is 204. The average Bonchev–Trinajstić information content (AvgIpc) is 1.62. The van der Waals surface area contributed by atoms with Crippen molar-refractivity contribution in [2.24, 2.45) is 0 Å². The first kappa shape index (κ1) is 12.1. The minimum Gasteiger partial charge on any atom is -0.285 e. The number of nitrogens with zero attached hydrogens (tertiary/aromatic N) is 1. The van der Waals surface area contributed by atoms with Crippen molar-refractivity contribution in [3.05, 3.63) is 0 Å². The Morgan fingerprint density at radius 3 is 2.00 bits per heavy atom. The van der Waals surface area contributed by atoms with Gasteiger partial charge in [-0.15, -0.1) is 0 Å². The second-order valence-corrected chi connectivity index (χ2v) is 3.02. The summed E-state index contributed by atoms with van der Waals surface area (Å²) in [4.78, 5) is 0. The molecule has 0 rings (SSSR count). The van der Waals surface area contributed by atoms with Crippen molar-refractivity contribution in [1.29, 1.82) is 5.26 Å². The van der Waals surface area contributed by atoms with Gasteiger partial charge in [0.05, 0.1) is 6.07 Å². The molecule has 1 unspecified atom stereocenters. The first-order valence-electron chi connectivity index (χ1n) is 1.84. The van der Waals surface area contributed by atoms with E-state index < -0.39 is 15.4 Å². The Hall–Kier alpha value is 0.400. The van der Waals surface area contributed by atoms with Crippen LogP contribution < -0.4 is 0 Å². The molecule has 0 heterocycles. The fourth-order valence-corrected chi connectivity index (χ4v) is 0.200. The van der Waals surface area contributed by atoms with Crippen LogP contribution >= 0.6 is 0 Å². The van der Waals surface area contributed by atoms with Gasteiger partial charge in [0, 0.05) is 29.6 Å². The van der Waals surface area contributed by atoms with E-state index in [9.17, 15) is 8.42 Å². The van der Waals surface area contributed by atoms with Crippen LogP contribution in [0.5, 0.6) is 0 Å². The topological polar surface area (TPSA) is 78.2 Å². The van der Waals surface area contributed by atoms with Gasteiger partial charge in [0.25, 0.3) is 10.1 Å². The maximum absolute atomic E-state index is 9.90. The molecule has 1 radical (unpaired) electrons. The Morgan fingerprint density at radius 2 is 2.00 bits per heavy atom. The molecule has 0 aliphatic heterocycles. The zero-order valence-corrected chi connectivity index (χ0v) is 8.01. The number of rotatable bonds is 1. The van der Waals surface area contributed by atoms with Crippen molar-refractivity contribution >= 4 is 39.7 Å². The molecule has 0 amide bonds. The largest absolute Gasteiger partial charge is 0.285 e. The van der Waals surface area contributed by atoms with Crippen LogP contribution in [0.25, 0.3) is 0 Å². The van der Waals surface area contributed by atoms with Crippen molar-refractivity contribution in [3.63, 3.8) is 0 Å². The van der Waals surface area contributed by atoms with Gasteiger partial charge in [-0.3, -0.25) is 4.55 Å². The summed E-state index contributed by atoms with van der Waals surface area (Å²) in [6.45, 7) is 1.11. The zero-order chi connectivity index (χ0) is 6.78. The van der Waals surface area contributed by atoms with Gasteiger partial charge in [-0.25, -0.2) is 0 Å². The van der Waals surface area contributed by atoms with E-state index in [4.69, 9.17) is 9.81 Å². The van der Waals surface area contributed by atoms with Crippen LogP contribution in [0.3, 0.4) is 0 Å². The first-order chi connectivity index (χ1) is 3.48. The third-order valence-electron chi connectivity index (χ3n) is 0.629. The van der Waals surface area contributed by atoms with E-state index in [-0.39, 0.29) is 29.6 Å². The number of hydrogen-bond acceptors (Lipinski definition) is 3. The van der Waals surface area contributed by atoms with E-state index in [0.29, 0.717) is 0 Å². The van der Waals surface area contributed by atoms with Gasteiger partial charge in [0.1, 0.15) is 0 Å². The van der Waals surface area contributed by atoms with Gasteiger partial charge in [-0.2, -0.15) is 13.7 Å². The Morgan fingerprint density at radius 1 is 1.67 bits per heavy atom. The van der Waals surface area contributed by atoms with Crippen LogP contribution in [-0.4, -0.2) is 47.8 Å². The summed E-state index contributed by atoms with van der Waals surface area (Å²) >= 11 is 0. The van der Waals surface area contributed by atoms with Gasteiger partial charge in [-0.05, 0) is 6.92 Å². The molecule has 0 saturated heterocycles. The Kier molecular flexibility index (Phi) is 5.72. The summed E-state index contributed by atoms with van der Waals surface area (Å²) in [7, 11) is -4.11. The molecule has 1 N–H and O–H groups in total. The predicted octanol–water partition coefficient (Wildman–Crippen LogP) is -0.595. The molecule has 0 aromatic carbocycles. The number of hydrogen-bond donors (Lipinski definition) is 1. The normalized spacial score (nSPS) is 13.0. The van der Waals surface area contributed by atoms with Crippen LogP contribution in [0.2, 0.25) is 0 Å². The molecular weight excluding hydrogens is 153 g/mol. The molecule has 4 nitrogen and oxygen atoms in total. The monoisotopic (exact) mass is 158 g/mol. The van der Waals surface area contributed by atoms with Crippen LogP contribution in [-0.2, 0) is 10.1 Å². The molecule has 0 aromatic heterocycles. The maximum Gasteiger partial charge on any atom is 0.281 e. The van der Waals surface area contributed by atoms with Crippen molar-refractivity contribution in [3.8, 4) is 6.07 Å². The summed E-state index contributed by atoms with van der Waals surface area (Å²) in [5.41, 5.74) is 0. The fraction of sp³-hybridized carbons (Fsp3) is 0.667. The van der Waals surface area contributed by atoms with Crippen LogP contribution in [0.15, 0.2) is 0 Å². The molecule has 1 atom stereocenters. The quantitative estimate of drug-likeness (QED) is 0.408. The van der Waals surface area contributed by atoms with Crippen molar-refractivity contribution < 1.29 is 13.0 Å². The molecule has 0 spiro atoms. The Labute approximate surface area is 75.9 Å². The van der Waals surface area contributed by atoms with Crippen molar-refractivity contribution in [2.45, 2.75) is 12.2 Å². The molecule has 0 saturated carbocycles. The van der Waals surface area contributed by atoms with E-state index in [1.807, 2.05) is 0 Å². The molecule has 0 aliphatic carbocycles. The summed E-state index contributed by atoms with van der Waals surface area (Å²) in [5, 5.41) is 6.56. The Balaban J connectivity index is 0. The molecule has 9 heavy (non-hydrogen) atoms. The van der Waals surface area contributed by atoms with Crippen molar-refractivity contribution in [2.75, 3.05) is 0 Å². The van der Waals surface area contributed by atoms with E-state index in [1.165, 1.54) is 6.07 Å². The van der Waals surface area contributed by atoms with Crippen LogP contribution in [0, 0.1) is 11.3 Å². The minimum atomic E-state index is -4.11.